The Morgan fingerprint density at radius 2 is 1.80 bits per heavy atom. The van der Waals surface area contributed by atoms with Crippen LogP contribution < -0.4 is 15.0 Å². The molecule has 1 aliphatic rings. The van der Waals surface area contributed by atoms with Gasteiger partial charge >= 0.3 is 6.18 Å². The summed E-state index contributed by atoms with van der Waals surface area (Å²) in [6, 6.07) is 6.95. The Kier molecular flexibility index (Phi) is 7.39. The summed E-state index contributed by atoms with van der Waals surface area (Å²) in [4.78, 5) is 25.6. The van der Waals surface area contributed by atoms with Gasteiger partial charge in [0.1, 0.15) is 11.4 Å². The first-order valence-corrected chi connectivity index (χ1v) is 12.5. The van der Waals surface area contributed by atoms with Gasteiger partial charge in [0.25, 0.3) is 5.91 Å². The quantitative estimate of drug-likeness (QED) is 0.382. The van der Waals surface area contributed by atoms with Crippen LogP contribution in [0.1, 0.15) is 21.6 Å². The van der Waals surface area contributed by atoms with Crippen molar-refractivity contribution in [3.05, 3.63) is 71.9 Å². The second-order valence-electron chi connectivity index (χ2n) is 9.50. The van der Waals surface area contributed by atoms with Crippen molar-refractivity contribution < 1.29 is 22.7 Å². The molecule has 0 radical (unpaired) electrons. The molecule has 1 saturated heterocycles. The number of hydrogen-bond donors (Lipinski definition) is 1. The number of benzene rings is 1. The Labute approximate surface area is 228 Å². The number of pyridine rings is 2. The van der Waals surface area contributed by atoms with E-state index in [1.54, 1.807) is 43.7 Å². The Bertz CT molecular complexity index is 1530. The number of amides is 1. The van der Waals surface area contributed by atoms with Crippen molar-refractivity contribution in [3.8, 4) is 22.7 Å². The first-order valence-electron chi connectivity index (χ1n) is 12.5. The lowest BCUT2D eigenvalue weighted by Crippen LogP contribution is -2.44. The van der Waals surface area contributed by atoms with Crippen LogP contribution in [0.3, 0.4) is 0 Å². The van der Waals surface area contributed by atoms with Gasteiger partial charge < -0.3 is 19.9 Å². The molecule has 40 heavy (non-hydrogen) atoms. The zero-order chi connectivity index (χ0) is 28.4. The van der Waals surface area contributed by atoms with Gasteiger partial charge in [-0.15, -0.1) is 5.10 Å². The van der Waals surface area contributed by atoms with Crippen LogP contribution in [0.15, 0.2) is 55.1 Å². The lowest BCUT2D eigenvalue weighted by atomic mass is 10.1. The van der Waals surface area contributed by atoms with Crippen LogP contribution in [0.25, 0.3) is 16.9 Å². The summed E-state index contributed by atoms with van der Waals surface area (Å²) in [6.07, 6.45) is 1.66. The van der Waals surface area contributed by atoms with E-state index in [1.165, 1.54) is 18.0 Å². The number of methoxy groups -OCH3 is 1. The third kappa shape index (κ3) is 5.88. The minimum absolute atomic E-state index is 0.0458. The van der Waals surface area contributed by atoms with Gasteiger partial charge in [0, 0.05) is 55.5 Å². The normalized spacial score (nSPS) is 14.3. The van der Waals surface area contributed by atoms with Crippen LogP contribution in [-0.2, 0) is 6.18 Å². The van der Waals surface area contributed by atoms with E-state index in [0.29, 0.717) is 47.2 Å². The average Bonchev–Trinajstić information content (AvgIpc) is 3.43. The molecule has 10 nitrogen and oxygen atoms in total. The zero-order valence-corrected chi connectivity index (χ0v) is 22.1. The third-order valence-electron chi connectivity index (χ3n) is 6.68. The summed E-state index contributed by atoms with van der Waals surface area (Å²) in [7, 11) is 3.50. The van der Waals surface area contributed by atoms with Crippen molar-refractivity contribution in [1.82, 2.24) is 29.9 Å². The molecule has 4 heterocycles. The molecule has 0 saturated carbocycles. The Balaban J connectivity index is 1.41. The van der Waals surface area contributed by atoms with E-state index >= 15 is 0 Å². The number of rotatable bonds is 6. The summed E-state index contributed by atoms with van der Waals surface area (Å²) in [5.74, 6) is -0.0383. The summed E-state index contributed by atoms with van der Waals surface area (Å²) in [5.41, 5.74) is 2.06. The van der Waals surface area contributed by atoms with E-state index in [-0.39, 0.29) is 11.3 Å². The van der Waals surface area contributed by atoms with Crippen molar-refractivity contribution in [3.63, 3.8) is 0 Å². The number of nitrogens with one attached hydrogen (secondary N) is 1. The summed E-state index contributed by atoms with van der Waals surface area (Å²) in [6.45, 7) is 4.38. The molecule has 4 aromatic rings. The van der Waals surface area contributed by atoms with Crippen molar-refractivity contribution in [2.45, 2.75) is 13.1 Å². The molecule has 0 spiro atoms. The minimum Gasteiger partial charge on any atom is -0.495 e. The maximum atomic E-state index is 13.7. The number of piperazine rings is 1. The summed E-state index contributed by atoms with van der Waals surface area (Å²) in [5, 5.41) is 11.0. The minimum atomic E-state index is -4.57. The molecule has 1 aromatic carbocycles. The highest BCUT2D eigenvalue weighted by molar-refractivity contribution is 6.04. The number of aromatic nitrogens is 5. The summed E-state index contributed by atoms with van der Waals surface area (Å²) < 4.78 is 47.8. The number of halogens is 3. The van der Waals surface area contributed by atoms with Gasteiger partial charge in [-0.05, 0) is 44.3 Å². The lowest BCUT2D eigenvalue weighted by molar-refractivity contribution is -0.137. The number of hydrogen-bond acceptors (Lipinski definition) is 8. The maximum absolute atomic E-state index is 13.7. The van der Waals surface area contributed by atoms with Gasteiger partial charge in [-0.2, -0.15) is 13.2 Å². The molecule has 1 amide bonds. The van der Waals surface area contributed by atoms with Crippen molar-refractivity contribution in [2.75, 3.05) is 50.6 Å². The lowest BCUT2D eigenvalue weighted by Gasteiger charge is -2.34. The number of alkyl halides is 3. The second kappa shape index (κ2) is 10.9. The molecule has 1 fully saturated rings. The van der Waals surface area contributed by atoms with Gasteiger partial charge in [-0.25, -0.2) is 4.68 Å². The van der Waals surface area contributed by atoms with Gasteiger partial charge in [-0.1, -0.05) is 5.21 Å². The molecule has 0 aliphatic carbocycles. The number of ether oxygens (including phenoxy) is 1. The average molecular weight is 553 g/mol. The highest BCUT2D eigenvalue weighted by atomic mass is 19.4. The Morgan fingerprint density at radius 1 is 1.02 bits per heavy atom. The largest absolute Gasteiger partial charge is 0.495 e. The summed E-state index contributed by atoms with van der Waals surface area (Å²) >= 11 is 0. The molecule has 1 aliphatic heterocycles. The molecule has 13 heteroatoms. The first-order chi connectivity index (χ1) is 19.1. The molecule has 208 valence electrons. The molecule has 1 N–H and O–H groups in total. The van der Waals surface area contributed by atoms with Crippen LogP contribution in [-0.4, -0.2) is 76.1 Å². The second-order valence-corrected chi connectivity index (χ2v) is 9.50. The predicted octanol–water partition coefficient (Wildman–Crippen LogP) is 4.06. The SMILES string of the molecule is COc1cncc(-c2cn(-c3cc(C(=O)Nc4cc(N5CCN(C)CC5)cc(C(F)(F)F)c4)cnc3C)nn2)c1. The van der Waals surface area contributed by atoms with Crippen LogP contribution >= 0.6 is 0 Å². The topological polar surface area (TPSA) is 101 Å². The molecule has 5 rings (SSSR count). The molecular weight excluding hydrogens is 525 g/mol. The highest BCUT2D eigenvalue weighted by Crippen LogP contribution is 2.35. The number of likely N-dealkylation sites (N-methyl/N-ethyl adjacent to an activating group) is 1. The van der Waals surface area contributed by atoms with Gasteiger partial charge in [0.05, 0.1) is 42.0 Å². The van der Waals surface area contributed by atoms with Gasteiger partial charge in [0.15, 0.2) is 0 Å². The van der Waals surface area contributed by atoms with E-state index in [9.17, 15) is 18.0 Å². The number of carbonyl (C=O) groups is 1. The molecular formula is C27H27F3N8O2. The standard InChI is InChI=1S/C27H27F3N8O2/c1-17-25(38-16-24(34-35-38)18-8-23(40-3)15-31-13-18)9-19(14-32-17)26(39)33-21-10-20(27(28,29)30)11-22(12-21)37-6-4-36(2)5-7-37/h8-16H,4-7H2,1-3H3,(H,33,39). The van der Waals surface area contributed by atoms with Crippen molar-refractivity contribution >= 4 is 17.3 Å². The van der Waals surface area contributed by atoms with E-state index in [2.05, 4.69) is 30.5 Å². The third-order valence-corrected chi connectivity index (χ3v) is 6.68. The van der Waals surface area contributed by atoms with Gasteiger partial charge in [0.2, 0.25) is 0 Å². The van der Waals surface area contributed by atoms with Gasteiger partial charge in [-0.3, -0.25) is 14.8 Å². The van der Waals surface area contributed by atoms with Crippen LogP contribution in [0.5, 0.6) is 5.75 Å². The Hall–Kier alpha value is -4.52. The first kappa shape index (κ1) is 27.1. The highest BCUT2D eigenvalue weighted by Gasteiger charge is 2.32. The van der Waals surface area contributed by atoms with Crippen molar-refractivity contribution in [1.29, 1.82) is 0 Å². The number of nitrogens with zero attached hydrogens (tertiary/aromatic N) is 7. The number of carbonyl (C=O) groups excluding carboxylic acids is 1. The number of aryl methyl sites for hydroxylation is 1. The van der Waals surface area contributed by atoms with Crippen LogP contribution in [0, 0.1) is 6.92 Å². The molecule has 0 bridgehead atoms. The van der Waals surface area contributed by atoms with E-state index in [4.69, 9.17) is 4.74 Å². The van der Waals surface area contributed by atoms with E-state index < -0.39 is 17.6 Å². The maximum Gasteiger partial charge on any atom is 0.416 e. The fourth-order valence-corrected chi connectivity index (χ4v) is 4.36. The fourth-order valence-electron chi connectivity index (χ4n) is 4.36. The van der Waals surface area contributed by atoms with Crippen LogP contribution in [0.4, 0.5) is 24.5 Å². The smallest absolute Gasteiger partial charge is 0.416 e. The zero-order valence-electron chi connectivity index (χ0n) is 22.1. The van der Waals surface area contributed by atoms with Crippen molar-refractivity contribution in [2.24, 2.45) is 0 Å². The van der Waals surface area contributed by atoms with Crippen LogP contribution in [0.2, 0.25) is 0 Å². The fraction of sp³-hybridized carbons (Fsp3) is 0.296. The Morgan fingerprint density at radius 3 is 2.52 bits per heavy atom. The molecule has 0 unspecified atom stereocenters. The van der Waals surface area contributed by atoms with E-state index in [1.807, 2.05) is 11.9 Å². The molecule has 0 atom stereocenters. The van der Waals surface area contributed by atoms with E-state index in [0.717, 1.165) is 25.2 Å². The molecule has 3 aromatic heterocycles. The monoisotopic (exact) mass is 552 g/mol. The predicted molar refractivity (Wildman–Crippen MR) is 143 cm³/mol. The number of anilines is 2.